The number of aromatic nitrogens is 1. The molecule has 2 heterocycles. The van der Waals surface area contributed by atoms with E-state index in [0.717, 1.165) is 16.8 Å². The predicted octanol–water partition coefficient (Wildman–Crippen LogP) is 5.16. The lowest BCUT2D eigenvalue weighted by molar-refractivity contribution is -0.126. The number of nitrogens with zero attached hydrogens (tertiary/aromatic N) is 1. The number of carbonyl (C=O) groups excluding carboxylic acids is 1. The Morgan fingerprint density at radius 2 is 1.92 bits per heavy atom. The zero-order chi connectivity index (χ0) is 17.2. The van der Waals surface area contributed by atoms with Crippen LogP contribution in [0.5, 0.6) is 0 Å². The van der Waals surface area contributed by atoms with Gasteiger partial charge in [0.05, 0.1) is 6.26 Å². The quantitative estimate of drug-likeness (QED) is 0.652. The molecule has 0 saturated heterocycles. The Morgan fingerprint density at radius 1 is 1.12 bits per heavy atom. The van der Waals surface area contributed by atoms with Gasteiger partial charge in [-0.1, -0.05) is 45.0 Å². The summed E-state index contributed by atoms with van der Waals surface area (Å²) in [5, 5.41) is 2.31. The van der Waals surface area contributed by atoms with Gasteiger partial charge in [-0.15, -0.1) is 0 Å². The SMILES string of the molecule is CC(C)(C)C(=O)C[C@H](Cc1nccc2ccccc12)c1ccco1. The minimum absolute atomic E-state index is 0.00466. The van der Waals surface area contributed by atoms with Crippen molar-refractivity contribution in [2.45, 2.75) is 39.5 Å². The number of fused-ring (bicyclic) bond motifs is 1. The monoisotopic (exact) mass is 321 g/mol. The topological polar surface area (TPSA) is 43.1 Å². The van der Waals surface area contributed by atoms with Gasteiger partial charge in [-0.3, -0.25) is 9.78 Å². The van der Waals surface area contributed by atoms with Crippen LogP contribution in [-0.2, 0) is 11.2 Å². The summed E-state index contributed by atoms with van der Waals surface area (Å²) in [6.07, 6.45) is 4.65. The molecule has 0 spiro atoms. The lowest BCUT2D eigenvalue weighted by atomic mass is 9.82. The number of Topliss-reactive ketones (excluding diaryl/α,β-unsaturated/α-hetero) is 1. The average Bonchev–Trinajstić information content (AvgIpc) is 3.08. The van der Waals surface area contributed by atoms with Crippen LogP contribution in [0.2, 0.25) is 0 Å². The number of benzene rings is 1. The smallest absolute Gasteiger partial charge is 0.138 e. The number of furan rings is 1. The van der Waals surface area contributed by atoms with E-state index in [1.54, 1.807) is 6.26 Å². The van der Waals surface area contributed by atoms with E-state index < -0.39 is 0 Å². The van der Waals surface area contributed by atoms with Crippen molar-refractivity contribution in [1.29, 1.82) is 0 Å². The van der Waals surface area contributed by atoms with Gasteiger partial charge in [-0.05, 0) is 23.6 Å². The van der Waals surface area contributed by atoms with Crippen molar-refractivity contribution in [3.63, 3.8) is 0 Å². The van der Waals surface area contributed by atoms with Crippen molar-refractivity contribution in [2.75, 3.05) is 0 Å². The largest absolute Gasteiger partial charge is 0.469 e. The number of pyridine rings is 1. The fraction of sp³-hybridized carbons (Fsp3) is 0.333. The van der Waals surface area contributed by atoms with E-state index >= 15 is 0 Å². The fourth-order valence-electron chi connectivity index (χ4n) is 2.91. The molecule has 0 unspecified atom stereocenters. The van der Waals surface area contributed by atoms with Crippen LogP contribution < -0.4 is 0 Å². The van der Waals surface area contributed by atoms with E-state index in [2.05, 4.69) is 17.1 Å². The summed E-state index contributed by atoms with van der Waals surface area (Å²) in [6.45, 7) is 5.89. The van der Waals surface area contributed by atoms with Crippen LogP contribution in [0.4, 0.5) is 0 Å². The number of carbonyl (C=O) groups is 1. The highest BCUT2D eigenvalue weighted by atomic mass is 16.3. The first-order valence-corrected chi connectivity index (χ1v) is 8.34. The minimum atomic E-state index is -0.350. The molecular weight excluding hydrogens is 298 g/mol. The van der Waals surface area contributed by atoms with Crippen LogP contribution in [0.1, 0.15) is 44.6 Å². The molecule has 2 aromatic heterocycles. The molecule has 0 aliphatic heterocycles. The summed E-state index contributed by atoms with van der Waals surface area (Å²) in [7, 11) is 0. The van der Waals surface area contributed by atoms with E-state index in [-0.39, 0.29) is 17.1 Å². The van der Waals surface area contributed by atoms with Crippen LogP contribution in [0.25, 0.3) is 10.8 Å². The van der Waals surface area contributed by atoms with E-state index in [0.29, 0.717) is 12.8 Å². The second-order valence-electron chi connectivity index (χ2n) is 7.27. The Hall–Kier alpha value is -2.42. The van der Waals surface area contributed by atoms with Gasteiger partial charge < -0.3 is 4.42 Å². The highest BCUT2D eigenvalue weighted by Crippen LogP contribution is 2.30. The molecule has 3 heteroatoms. The third-order valence-electron chi connectivity index (χ3n) is 4.41. The van der Waals surface area contributed by atoms with Crippen LogP contribution in [0.3, 0.4) is 0 Å². The lowest BCUT2D eigenvalue weighted by Crippen LogP contribution is -2.23. The number of rotatable bonds is 5. The fourth-order valence-corrected chi connectivity index (χ4v) is 2.91. The Morgan fingerprint density at radius 3 is 2.62 bits per heavy atom. The van der Waals surface area contributed by atoms with Crippen molar-refractivity contribution < 1.29 is 9.21 Å². The molecule has 0 fully saturated rings. The summed E-state index contributed by atoms with van der Waals surface area (Å²) in [6, 6.07) is 14.1. The highest BCUT2D eigenvalue weighted by Gasteiger charge is 2.27. The summed E-state index contributed by atoms with van der Waals surface area (Å²) in [5.74, 6) is 1.09. The second-order valence-corrected chi connectivity index (χ2v) is 7.27. The van der Waals surface area contributed by atoms with Gasteiger partial charge in [0.15, 0.2) is 0 Å². The first kappa shape index (κ1) is 16.4. The van der Waals surface area contributed by atoms with Gasteiger partial charge in [0.1, 0.15) is 11.5 Å². The van der Waals surface area contributed by atoms with Gasteiger partial charge >= 0.3 is 0 Å². The van der Waals surface area contributed by atoms with E-state index in [1.165, 1.54) is 5.39 Å². The van der Waals surface area contributed by atoms with E-state index in [4.69, 9.17) is 4.42 Å². The molecule has 0 bridgehead atoms. The molecule has 1 aromatic carbocycles. The highest BCUT2D eigenvalue weighted by molar-refractivity contribution is 5.85. The first-order valence-electron chi connectivity index (χ1n) is 8.34. The van der Waals surface area contributed by atoms with Crippen molar-refractivity contribution in [2.24, 2.45) is 5.41 Å². The minimum Gasteiger partial charge on any atom is -0.469 e. The van der Waals surface area contributed by atoms with Crippen LogP contribution in [0, 0.1) is 5.41 Å². The summed E-state index contributed by atoms with van der Waals surface area (Å²) < 4.78 is 5.61. The first-order chi connectivity index (χ1) is 11.4. The molecule has 0 aliphatic rings. The molecule has 0 amide bonds. The lowest BCUT2D eigenvalue weighted by Gasteiger charge is -2.21. The molecule has 3 nitrogen and oxygen atoms in total. The van der Waals surface area contributed by atoms with Crippen molar-refractivity contribution in [3.8, 4) is 0 Å². The molecule has 3 aromatic rings. The van der Waals surface area contributed by atoms with Gasteiger partial charge in [-0.2, -0.15) is 0 Å². The van der Waals surface area contributed by atoms with Crippen LogP contribution in [0.15, 0.2) is 59.3 Å². The van der Waals surface area contributed by atoms with Crippen molar-refractivity contribution >= 4 is 16.6 Å². The number of hydrogen-bond acceptors (Lipinski definition) is 3. The zero-order valence-electron chi connectivity index (χ0n) is 14.5. The third-order valence-corrected chi connectivity index (χ3v) is 4.41. The predicted molar refractivity (Wildman–Crippen MR) is 96.0 cm³/mol. The average molecular weight is 321 g/mol. The maximum absolute atomic E-state index is 12.6. The Balaban J connectivity index is 1.93. The third kappa shape index (κ3) is 3.56. The Kier molecular flexibility index (Phi) is 4.52. The summed E-state index contributed by atoms with van der Waals surface area (Å²) in [4.78, 5) is 17.1. The standard InChI is InChI=1S/C21H23NO2/c1-21(2,3)20(23)14-16(19-9-6-12-24-19)13-18-17-8-5-4-7-15(17)10-11-22-18/h4-12,16H,13-14H2,1-3H3/t16-/m0/s1. The molecule has 124 valence electrons. The number of hydrogen-bond donors (Lipinski definition) is 0. The molecular formula is C21H23NO2. The molecule has 3 rings (SSSR count). The summed E-state index contributed by atoms with van der Waals surface area (Å²) in [5.41, 5.74) is 0.660. The molecule has 24 heavy (non-hydrogen) atoms. The van der Waals surface area contributed by atoms with Gasteiger partial charge in [0.25, 0.3) is 0 Å². The van der Waals surface area contributed by atoms with Gasteiger partial charge in [-0.25, -0.2) is 0 Å². The van der Waals surface area contributed by atoms with Gasteiger partial charge in [0.2, 0.25) is 0 Å². The Bertz CT molecular complexity index is 823. The van der Waals surface area contributed by atoms with Gasteiger partial charge in [0, 0.05) is 41.5 Å². The van der Waals surface area contributed by atoms with E-state index in [9.17, 15) is 4.79 Å². The van der Waals surface area contributed by atoms with Crippen LogP contribution >= 0.6 is 0 Å². The molecule has 1 atom stereocenters. The molecule has 0 N–H and O–H groups in total. The molecule has 0 radical (unpaired) electrons. The molecule has 0 aliphatic carbocycles. The second kappa shape index (κ2) is 6.60. The van der Waals surface area contributed by atoms with Crippen molar-refractivity contribution in [1.82, 2.24) is 4.98 Å². The van der Waals surface area contributed by atoms with Crippen molar-refractivity contribution in [3.05, 3.63) is 66.4 Å². The van der Waals surface area contributed by atoms with E-state index in [1.807, 2.05) is 57.3 Å². The number of ketones is 1. The maximum Gasteiger partial charge on any atom is 0.138 e. The van der Waals surface area contributed by atoms with Crippen LogP contribution in [-0.4, -0.2) is 10.8 Å². The normalized spacial score (nSPS) is 13.1. The maximum atomic E-state index is 12.6. The molecule has 0 saturated carbocycles. The summed E-state index contributed by atoms with van der Waals surface area (Å²) >= 11 is 0. The Labute approximate surface area is 142 Å². The zero-order valence-corrected chi connectivity index (χ0v) is 14.5.